The Labute approximate surface area is 258 Å². The Hall–Kier alpha value is -4.32. The van der Waals surface area contributed by atoms with Crippen LogP contribution in [0.4, 0.5) is 9.52 Å². The van der Waals surface area contributed by atoms with Crippen LogP contribution in [-0.2, 0) is 21.5 Å². The summed E-state index contributed by atoms with van der Waals surface area (Å²) in [7, 11) is 0. The number of carbonyl (C=O) groups excluding carboxylic acids is 1. The highest BCUT2D eigenvalue weighted by Gasteiger charge is 2.35. The Kier molecular flexibility index (Phi) is 8.60. The SMILES string of the molecule is C[C@]1(CC(=O)Nc2nccs2)NCCc2cc(OCC3CCCO3)c(Oc3ccc(-c4ccc(C(=O)O)cc4)c(F)c3)cc21. The number of carboxylic acid groups (broad SMARTS) is 1. The van der Waals surface area contributed by atoms with Crippen molar-refractivity contribution in [2.24, 2.45) is 0 Å². The number of thiazole rings is 1. The van der Waals surface area contributed by atoms with Gasteiger partial charge in [-0.25, -0.2) is 14.2 Å². The maximum absolute atomic E-state index is 15.3. The smallest absolute Gasteiger partial charge is 0.335 e. The third-order valence-corrected chi connectivity index (χ3v) is 8.61. The second-order valence-electron chi connectivity index (χ2n) is 11.1. The molecule has 3 heterocycles. The van der Waals surface area contributed by atoms with E-state index >= 15 is 4.39 Å². The molecule has 11 heteroatoms. The number of nitrogens with one attached hydrogen (secondary N) is 2. The molecule has 9 nitrogen and oxygen atoms in total. The quantitative estimate of drug-likeness (QED) is 0.187. The van der Waals surface area contributed by atoms with Gasteiger partial charge in [0.05, 0.1) is 11.7 Å². The number of anilines is 1. The summed E-state index contributed by atoms with van der Waals surface area (Å²) in [5.74, 6) is -0.551. The highest BCUT2D eigenvalue weighted by molar-refractivity contribution is 7.13. The highest BCUT2D eigenvalue weighted by atomic mass is 32.1. The molecule has 1 aromatic heterocycles. The topological polar surface area (TPSA) is 119 Å². The van der Waals surface area contributed by atoms with Gasteiger partial charge in [0.2, 0.25) is 5.91 Å². The number of benzene rings is 3. The molecule has 0 spiro atoms. The van der Waals surface area contributed by atoms with Crippen molar-refractivity contribution in [2.75, 3.05) is 25.1 Å². The number of aromatic nitrogens is 1. The van der Waals surface area contributed by atoms with Crippen LogP contribution < -0.4 is 20.1 Å². The Balaban J connectivity index is 1.29. The first kappa shape index (κ1) is 29.7. The fraction of sp³-hybridized carbons (Fsp3) is 0.303. The lowest BCUT2D eigenvalue weighted by molar-refractivity contribution is -0.117. The minimum absolute atomic E-state index is 0.00962. The van der Waals surface area contributed by atoms with Crippen LogP contribution in [0.15, 0.2) is 66.2 Å². The molecule has 44 heavy (non-hydrogen) atoms. The van der Waals surface area contributed by atoms with Crippen molar-refractivity contribution in [3.8, 4) is 28.4 Å². The van der Waals surface area contributed by atoms with Crippen LogP contribution in [0.5, 0.6) is 17.2 Å². The van der Waals surface area contributed by atoms with Gasteiger partial charge in [0, 0.05) is 48.3 Å². The van der Waals surface area contributed by atoms with Gasteiger partial charge in [0.25, 0.3) is 0 Å². The molecule has 2 aliphatic rings. The van der Waals surface area contributed by atoms with Gasteiger partial charge in [-0.3, -0.25) is 4.79 Å². The van der Waals surface area contributed by atoms with Gasteiger partial charge >= 0.3 is 5.97 Å². The molecule has 1 amide bonds. The molecule has 1 unspecified atom stereocenters. The number of ether oxygens (including phenoxy) is 3. The van der Waals surface area contributed by atoms with Gasteiger partial charge in [0.15, 0.2) is 16.6 Å². The third-order valence-electron chi connectivity index (χ3n) is 7.93. The number of amides is 1. The first-order valence-corrected chi connectivity index (χ1v) is 15.3. The van der Waals surface area contributed by atoms with Crippen molar-refractivity contribution in [1.82, 2.24) is 10.3 Å². The van der Waals surface area contributed by atoms with Gasteiger partial charge in [-0.2, -0.15) is 0 Å². The molecule has 4 aromatic rings. The number of hydrogen-bond donors (Lipinski definition) is 3. The van der Waals surface area contributed by atoms with Crippen molar-refractivity contribution in [1.29, 1.82) is 0 Å². The lowest BCUT2D eigenvalue weighted by Gasteiger charge is -2.37. The largest absolute Gasteiger partial charge is 0.487 e. The number of halogens is 1. The van der Waals surface area contributed by atoms with Crippen LogP contribution in [0, 0.1) is 5.82 Å². The summed E-state index contributed by atoms with van der Waals surface area (Å²) in [4.78, 5) is 28.3. The maximum atomic E-state index is 15.3. The molecule has 3 aromatic carbocycles. The molecule has 1 saturated heterocycles. The van der Waals surface area contributed by atoms with Crippen molar-refractivity contribution in [2.45, 2.75) is 44.2 Å². The van der Waals surface area contributed by atoms with Gasteiger partial charge < -0.3 is 30.0 Å². The second-order valence-corrected chi connectivity index (χ2v) is 12.0. The minimum Gasteiger partial charge on any atom is -0.487 e. The van der Waals surface area contributed by atoms with E-state index in [1.807, 2.05) is 19.1 Å². The van der Waals surface area contributed by atoms with Crippen molar-refractivity contribution < 1.29 is 33.3 Å². The Morgan fingerprint density at radius 3 is 2.73 bits per heavy atom. The van der Waals surface area contributed by atoms with Crippen molar-refractivity contribution in [3.05, 3.63) is 88.7 Å². The van der Waals surface area contributed by atoms with E-state index in [0.29, 0.717) is 47.5 Å². The first-order valence-electron chi connectivity index (χ1n) is 14.4. The van der Waals surface area contributed by atoms with E-state index in [4.69, 9.17) is 19.3 Å². The number of hydrogen-bond acceptors (Lipinski definition) is 8. The number of aromatic carboxylic acids is 1. The standard InChI is InChI=1S/C33H32FN3O6S/c1-33(18-30(38)37-32-35-12-14-44-32)26-17-29(28(15-22(26)10-11-36-33)42-19-24-3-2-13-41-24)43-23-8-9-25(27(34)16-23)20-4-6-21(7-5-20)31(39)40/h4-9,12,14-17,24,36H,2-3,10-11,13,18-19H2,1H3,(H,39,40)(H,35,37,38)/t24?,33-/m1/s1. The van der Waals surface area contributed by atoms with E-state index in [9.17, 15) is 9.59 Å². The third kappa shape index (κ3) is 6.59. The average Bonchev–Trinajstić information content (AvgIpc) is 3.71. The lowest BCUT2D eigenvalue weighted by Crippen LogP contribution is -2.47. The van der Waals surface area contributed by atoms with Crippen LogP contribution in [0.2, 0.25) is 0 Å². The summed E-state index contributed by atoms with van der Waals surface area (Å²) < 4.78 is 33.6. The predicted octanol–water partition coefficient (Wildman–Crippen LogP) is 6.39. The molecule has 0 bridgehead atoms. The van der Waals surface area contributed by atoms with E-state index in [-0.39, 0.29) is 29.7 Å². The Morgan fingerprint density at radius 2 is 2.02 bits per heavy atom. The van der Waals surface area contributed by atoms with Crippen molar-refractivity contribution >= 4 is 28.3 Å². The molecule has 6 rings (SSSR count). The Bertz CT molecular complexity index is 1660. The average molecular weight is 618 g/mol. The van der Waals surface area contributed by atoms with E-state index in [1.54, 1.807) is 35.8 Å². The summed E-state index contributed by atoms with van der Waals surface area (Å²) in [6.45, 7) is 3.73. The number of rotatable bonds is 10. The zero-order valence-electron chi connectivity index (χ0n) is 24.1. The van der Waals surface area contributed by atoms with Crippen LogP contribution in [0.25, 0.3) is 11.1 Å². The van der Waals surface area contributed by atoms with E-state index in [2.05, 4.69) is 15.6 Å². The van der Waals surface area contributed by atoms with Crippen LogP contribution >= 0.6 is 11.3 Å². The molecule has 228 valence electrons. The maximum Gasteiger partial charge on any atom is 0.335 e. The summed E-state index contributed by atoms with van der Waals surface area (Å²) in [6, 6.07) is 14.4. The molecule has 3 N–H and O–H groups in total. The molecule has 1 fully saturated rings. The van der Waals surface area contributed by atoms with E-state index in [0.717, 1.165) is 30.4 Å². The monoisotopic (exact) mass is 617 g/mol. The zero-order valence-corrected chi connectivity index (χ0v) is 24.9. The van der Waals surface area contributed by atoms with Crippen LogP contribution in [0.1, 0.15) is 47.7 Å². The van der Waals surface area contributed by atoms with E-state index < -0.39 is 17.3 Å². The van der Waals surface area contributed by atoms with Gasteiger partial charge in [0.1, 0.15) is 18.2 Å². The van der Waals surface area contributed by atoms with Crippen LogP contribution in [-0.4, -0.2) is 47.8 Å². The number of fused-ring (bicyclic) bond motifs is 1. The zero-order chi connectivity index (χ0) is 30.7. The van der Waals surface area contributed by atoms with Gasteiger partial charge in [-0.15, -0.1) is 11.3 Å². The molecule has 2 aliphatic heterocycles. The van der Waals surface area contributed by atoms with Crippen LogP contribution in [0.3, 0.4) is 0 Å². The number of nitrogens with zero attached hydrogens (tertiary/aromatic N) is 1. The van der Waals surface area contributed by atoms with Gasteiger partial charge in [-0.1, -0.05) is 12.1 Å². The van der Waals surface area contributed by atoms with Crippen molar-refractivity contribution in [3.63, 3.8) is 0 Å². The molecular formula is C33H32FN3O6S. The normalized spacial score (nSPS) is 19.3. The second kappa shape index (κ2) is 12.7. The molecule has 0 aliphatic carbocycles. The molecule has 2 atom stereocenters. The summed E-state index contributed by atoms with van der Waals surface area (Å²) >= 11 is 1.36. The summed E-state index contributed by atoms with van der Waals surface area (Å²) in [5.41, 5.74) is 2.22. The van der Waals surface area contributed by atoms with Gasteiger partial charge in [-0.05, 0) is 79.3 Å². The lowest BCUT2D eigenvalue weighted by atomic mass is 9.81. The number of carboxylic acids is 1. The predicted molar refractivity (Wildman–Crippen MR) is 164 cm³/mol. The fourth-order valence-electron chi connectivity index (χ4n) is 5.68. The first-order chi connectivity index (χ1) is 21.3. The fourth-order valence-corrected chi connectivity index (χ4v) is 6.23. The summed E-state index contributed by atoms with van der Waals surface area (Å²) in [6.07, 6.45) is 4.43. The molecule has 0 radical (unpaired) electrons. The molecule has 0 saturated carbocycles. The minimum atomic E-state index is -1.05. The molecular weight excluding hydrogens is 585 g/mol. The summed E-state index contributed by atoms with van der Waals surface area (Å²) in [5, 5.41) is 17.9. The number of carbonyl (C=O) groups is 2. The Morgan fingerprint density at radius 1 is 1.18 bits per heavy atom. The highest BCUT2D eigenvalue weighted by Crippen LogP contribution is 2.42. The van der Waals surface area contributed by atoms with E-state index in [1.165, 1.54) is 29.5 Å².